The van der Waals surface area contributed by atoms with Crippen LogP contribution in [0.3, 0.4) is 0 Å². The molecule has 4 aromatic rings. The fraction of sp³-hybridized carbons (Fsp3) is 0.273. The summed E-state index contributed by atoms with van der Waals surface area (Å²) in [6.45, 7) is 0.488. The normalized spacial score (nSPS) is 19.8. The molecule has 7 heteroatoms. The Morgan fingerprint density at radius 2 is 1.90 bits per heavy atom. The Morgan fingerprint density at radius 3 is 2.76 bits per heavy atom. The van der Waals surface area contributed by atoms with Crippen LogP contribution in [0.2, 0.25) is 0 Å². The van der Waals surface area contributed by atoms with Gasteiger partial charge in [0.15, 0.2) is 5.82 Å². The molecule has 1 saturated heterocycles. The molecule has 0 bridgehead atoms. The molecule has 1 fully saturated rings. The molecule has 1 aliphatic heterocycles. The average Bonchev–Trinajstić information content (AvgIpc) is 3.38. The van der Waals surface area contributed by atoms with E-state index >= 15 is 0 Å². The Kier molecular flexibility index (Phi) is 4.35. The number of para-hydroxylation sites is 2. The summed E-state index contributed by atoms with van der Waals surface area (Å²) >= 11 is 0. The fourth-order valence-electron chi connectivity index (χ4n) is 4.17. The molecule has 1 amide bonds. The number of nitrogens with zero attached hydrogens (tertiary/aromatic N) is 5. The van der Waals surface area contributed by atoms with Gasteiger partial charge in [-0.15, -0.1) is 0 Å². The average molecular weight is 387 g/mol. The third-order valence-corrected chi connectivity index (χ3v) is 5.64. The van der Waals surface area contributed by atoms with Crippen molar-refractivity contribution in [2.45, 2.75) is 31.3 Å². The summed E-state index contributed by atoms with van der Waals surface area (Å²) in [5, 5.41) is 4.21. The van der Waals surface area contributed by atoms with Crippen LogP contribution in [0.25, 0.3) is 11.0 Å². The van der Waals surface area contributed by atoms with Gasteiger partial charge in [0, 0.05) is 13.5 Å². The van der Waals surface area contributed by atoms with Gasteiger partial charge < -0.3 is 14.0 Å². The smallest absolute Gasteiger partial charge is 0.232 e. The number of carbonyl (C=O) groups excluding carboxylic acids is 1. The van der Waals surface area contributed by atoms with Crippen molar-refractivity contribution in [3.63, 3.8) is 0 Å². The van der Waals surface area contributed by atoms with Gasteiger partial charge in [0.05, 0.1) is 35.9 Å². The topological polar surface area (TPSA) is 77.1 Å². The van der Waals surface area contributed by atoms with E-state index in [1.165, 1.54) is 0 Å². The number of benzene rings is 2. The monoisotopic (exact) mass is 387 g/mol. The molecule has 7 nitrogen and oxygen atoms in total. The molecule has 2 aromatic carbocycles. The maximum Gasteiger partial charge on any atom is 0.232 e. The quantitative estimate of drug-likeness (QED) is 0.535. The SMILES string of the molecule is CN1C(=O)CCC(c2nc(Cn3cnc4ccccc43)no2)C1c1ccccc1. The second-order valence-electron chi connectivity index (χ2n) is 7.42. The zero-order chi connectivity index (χ0) is 19.8. The zero-order valence-electron chi connectivity index (χ0n) is 16.1. The third-order valence-electron chi connectivity index (χ3n) is 5.64. The van der Waals surface area contributed by atoms with Crippen LogP contribution in [0.15, 0.2) is 65.4 Å². The molecule has 5 rings (SSSR count). The van der Waals surface area contributed by atoms with Crippen molar-refractivity contribution in [3.8, 4) is 0 Å². The van der Waals surface area contributed by atoms with Crippen LogP contribution in [0.4, 0.5) is 0 Å². The van der Waals surface area contributed by atoms with E-state index in [4.69, 9.17) is 4.52 Å². The van der Waals surface area contributed by atoms with Gasteiger partial charge in [-0.1, -0.05) is 47.6 Å². The van der Waals surface area contributed by atoms with Crippen molar-refractivity contribution in [3.05, 3.63) is 78.2 Å². The minimum Gasteiger partial charge on any atom is -0.339 e. The molecule has 0 N–H and O–H groups in total. The molecular weight excluding hydrogens is 366 g/mol. The van der Waals surface area contributed by atoms with E-state index in [-0.39, 0.29) is 17.9 Å². The Balaban J connectivity index is 1.44. The number of likely N-dealkylation sites (tertiary alicyclic amines) is 1. The van der Waals surface area contributed by atoms with Crippen molar-refractivity contribution in [1.29, 1.82) is 0 Å². The molecule has 0 radical (unpaired) electrons. The minimum absolute atomic E-state index is 0.0270. The summed E-state index contributed by atoms with van der Waals surface area (Å²) in [4.78, 5) is 23.2. The van der Waals surface area contributed by atoms with E-state index in [9.17, 15) is 4.79 Å². The maximum absolute atomic E-state index is 12.3. The first kappa shape index (κ1) is 17.6. The third kappa shape index (κ3) is 3.18. The Labute approximate surface area is 168 Å². The molecule has 2 aromatic heterocycles. The van der Waals surface area contributed by atoms with Crippen molar-refractivity contribution >= 4 is 16.9 Å². The van der Waals surface area contributed by atoms with Gasteiger partial charge in [0.1, 0.15) is 0 Å². The molecule has 1 aliphatic rings. The zero-order valence-corrected chi connectivity index (χ0v) is 16.1. The molecule has 0 aliphatic carbocycles. The Bertz CT molecular complexity index is 1150. The van der Waals surface area contributed by atoms with Crippen LogP contribution in [0.1, 0.15) is 42.1 Å². The fourth-order valence-corrected chi connectivity index (χ4v) is 4.17. The lowest BCUT2D eigenvalue weighted by molar-refractivity contribution is -0.135. The van der Waals surface area contributed by atoms with Gasteiger partial charge in [-0.25, -0.2) is 4.98 Å². The summed E-state index contributed by atoms with van der Waals surface area (Å²) < 4.78 is 7.68. The van der Waals surface area contributed by atoms with Crippen LogP contribution in [0, 0.1) is 0 Å². The first-order chi connectivity index (χ1) is 14.2. The molecule has 2 unspecified atom stereocenters. The predicted octanol–water partition coefficient (Wildman–Crippen LogP) is 3.54. The van der Waals surface area contributed by atoms with Gasteiger partial charge in [-0.2, -0.15) is 4.98 Å². The van der Waals surface area contributed by atoms with Gasteiger partial charge >= 0.3 is 0 Å². The van der Waals surface area contributed by atoms with Gasteiger partial charge in [0.25, 0.3) is 0 Å². The van der Waals surface area contributed by atoms with E-state index in [0.717, 1.165) is 16.6 Å². The Morgan fingerprint density at radius 1 is 1.10 bits per heavy atom. The van der Waals surface area contributed by atoms with E-state index in [0.29, 0.717) is 31.1 Å². The van der Waals surface area contributed by atoms with Crippen LogP contribution in [-0.2, 0) is 11.3 Å². The van der Waals surface area contributed by atoms with Crippen molar-refractivity contribution in [2.24, 2.45) is 0 Å². The maximum atomic E-state index is 12.3. The molecule has 146 valence electrons. The number of likely N-dealkylation sites (N-methyl/N-ethyl adjacent to an activating group) is 1. The number of aromatic nitrogens is 4. The van der Waals surface area contributed by atoms with Crippen LogP contribution in [0.5, 0.6) is 0 Å². The summed E-state index contributed by atoms with van der Waals surface area (Å²) in [6, 6.07) is 17.9. The van der Waals surface area contributed by atoms with E-state index in [2.05, 4.69) is 15.1 Å². The highest BCUT2D eigenvalue weighted by Crippen LogP contribution is 2.41. The lowest BCUT2D eigenvalue weighted by atomic mass is 9.84. The molecule has 3 heterocycles. The number of rotatable bonds is 4. The molecule has 0 spiro atoms. The van der Waals surface area contributed by atoms with Crippen molar-refractivity contribution < 1.29 is 9.32 Å². The van der Waals surface area contributed by atoms with Gasteiger partial charge in [-0.05, 0) is 24.1 Å². The molecule has 2 atom stereocenters. The number of hydrogen-bond donors (Lipinski definition) is 0. The van der Waals surface area contributed by atoms with E-state index in [1.807, 2.05) is 66.2 Å². The largest absolute Gasteiger partial charge is 0.339 e. The van der Waals surface area contributed by atoms with Crippen LogP contribution in [-0.4, -0.2) is 37.5 Å². The lowest BCUT2D eigenvalue weighted by Crippen LogP contribution is -2.39. The molecule has 0 saturated carbocycles. The number of carbonyl (C=O) groups is 1. The molecular formula is C22H21N5O2. The number of imidazole rings is 1. The number of amides is 1. The van der Waals surface area contributed by atoms with E-state index < -0.39 is 0 Å². The number of piperidine rings is 1. The summed E-state index contributed by atoms with van der Waals surface area (Å²) in [5.41, 5.74) is 3.05. The van der Waals surface area contributed by atoms with Crippen molar-refractivity contribution in [1.82, 2.24) is 24.6 Å². The minimum atomic E-state index is -0.111. The summed E-state index contributed by atoms with van der Waals surface area (Å²) in [6.07, 6.45) is 2.97. The highest BCUT2D eigenvalue weighted by atomic mass is 16.5. The van der Waals surface area contributed by atoms with Gasteiger partial charge in [0.2, 0.25) is 11.8 Å². The highest BCUT2D eigenvalue weighted by molar-refractivity contribution is 5.77. The predicted molar refractivity (Wildman–Crippen MR) is 107 cm³/mol. The number of fused-ring (bicyclic) bond motifs is 1. The van der Waals surface area contributed by atoms with Crippen LogP contribution >= 0.6 is 0 Å². The van der Waals surface area contributed by atoms with Gasteiger partial charge in [-0.3, -0.25) is 4.79 Å². The Hall–Kier alpha value is -3.48. The van der Waals surface area contributed by atoms with Crippen LogP contribution < -0.4 is 0 Å². The highest BCUT2D eigenvalue weighted by Gasteiger charge is 2.38. The summed E-state index contributed by atoms with van der Waals surface area (Å²) in [7, 11) is 1.85. The number of hydrogen-bond acceptors (Lipinski definition) is 5. The standard InChI is InChI=1S/C22H21N5O2/c1-26-20(28)12-11-16(21(26)15-7-3-2-4-8-15)22-24-19(25-29-22)13-27-14-23-17-9-5-6-10-18(17)27/h2-10,14,16,21H,11-13H2,1H3. The molecule has 29 heavy (non-hydrogen) atoms. The second-order valence-corrected chi connectivity index (χ2v) is 7.42. The van der Waals surface area contributed by atoms with E-state index in [1.54, 1.807) is 11.2 Å². The first-order valence-electron chi connectivity index (χ1n) is 9.73. The van der Waals surface area contributed by atoms with Crippen molar-refractivity contribution in [2.75, 3.05) is 7.05 Å². The summed E-state index contributed by atoms with van der Waals surface area (Å²) in [5.74, 6) is 1.30. The first-order valence-corrected chi connectivity index (χ1v) is 9.73. The second kappa shape index (κ2) is 7.16. The lowest BCUT2D eigenvalue weighted by Gasteiger charge is -2.37.